The van der Waals surface area contributed by atoms with Gasteiger partial charge in [0.05, 0.1) is 36.5 Å². The molecule has 0 unspecified atom stereocenters. The maximum absolute atomic E-state index is 13.7. The molecule has 0 saturated carbocycles. The number of carbonyl (C=O) groups is 3. The van der Waals surface area contributed by atoms with Crippen LogP contribution >= 0.6 is 11.6 Å². The highest BCUT2D eigenvalue weighted by molar-refractivity contribution is 6.34. The van der Waals surface area contributed by atoms with Gasteiger partial charge in [0.25, 0.3) is 11.8 Å². The number of methoxy groups -OCH3 is 1. The number of urea groups is 1. The van der Waals surface area contributed by atoms with Gasteiger partial charge >= 0.3 is 6.03 Å². The number of rotatable bonds is 6. The molecule has 11 heteroatoms. The first-order valence-electron chi connectivity index (χ1n) is 13.4. The smallest absolute Gasteiger partial charge is 0.321 e. The molecule has 2 saturated heterocycles. The van der Waals surface area contributed by atoms with Crippen molar-refractivity contribution in [3.8, 4) is 5.75 Å². The third kappa shape index (κ3) is 6.72. The number of halogens is 1. The minimum atomic E-state index is -0.357. The van der Waals surface area contributed by atoms with Gasteiger partial charge in [-0.15, -0.1) is 0 Å². The minimum Gasteiger partial charge on any atom is -0.497 e. The second kappa shape index (κ2) is 12.9. The van der Waals surface area contributed by atoms with Gasteiger partial charge < -0.3 is 34.8 Å². The van der Waals surface area contributed by atoms with Crippen LogP contribution in [0.3, 0.4) is 0 Å². The fraction of sp³-hybridized carbons (Fsp3) is 0.300. The number of hydrogen-bond acceptors (Lipinski definition) is 6. The van der Waals surface area contributed by atoms with Crippen molar-refractivity contribution >= 4 is 46.5 Å². The summed E-state index contributed by atoms with van der Waals surface area (Å²) in [5.41, 5.74) is 2.77. The number of amides is 4. The molecule has 0 bridgehead atoms. The van der Waals surface area contributed by atoms with Crippen LogP contribution in [0.25, 0.3) is 0 Å². The highest BCUT2D eigenvalue weighted by atomic mass is 35.5. The van der Waals surface area contributed by atoms with E-state index in [0.717, 1.165) is 5.69 Å². The Morgan fingerprint density at radius 3 is 2.15 bits per heavy atom. The average molecular weight is 578 g/mol. The number of piperazine rings is 1. The van der Waals surface area contributed by atoms with E-state index in [9.17, 15) is 14.4 Å². The van der Waals surface area contributed by atoms with Crippen LogP contribution in [-0.2, 0) is 4.74 Å². The van der Waals surface area contributed by atoms with Gasteiger partial charge in [-0.3, -0.25) is 9.59 Å². The van der Waals surface area contributed by atoms with E-state index in [1.165, 1.54) is 0 Å². The Morgan fingerprint density at radius 1 is 0.780 bits per heavy atom. The molecule has 41 heavy (non-hydrogen) atoms. The summed E-state index contributed by atoms with van der Waals surface area (Å²) in [5.74, 6) is 0.231. The summed E-state index contributed by atoms with van der Waals surface area (Å²) in [6.45, 7) is 4.01. The van der Waals surface area contributed by atoms with Crippen molar-refractivity contribution in [1.29, 1.82) is 0 Å². The Hall–Kier alpha value is -4.28. The molecule has 2 aliphatic rings. The number of carbonyl (C=O) groups excluding carboxylic acids is 3. The lowest BCUT2D eigenvalue weighted by Gasteiger charge is -2.37. The summed E-state index contributed by atoms with van der Waals surface area (Å²) in [4.78, 5) is 45.1. The lowest BCUT2D eigenvalue weighted by Crippen LogP contribution is -2.50. The van der Waals surface area contributed by atoms with Crippen LogP contribution in [0.15, 0.2) is 66.7 Å². The first-order valence-corrected chi connectivity index (χ1v) is 13.8. The van der Waals surface area contributed by atoms with Crippen LogP contribution in [-0.4, -0.2) is 87.2 Å². The molecule has 3 aromatic carbocycles. The summed E-state index contributed by atoms with van der Waals surface area (Å²) in [6.07, 6.45) is 0. The number of benzene rings is 3. The molecule has 3 aromatic rings. The molecule has 214 valence electrons. The van der Waals surface area contributed by atoms with Crippen LogP contribution in [0, 0.1) is 0 Å². The highest BCUT2D eigenvalue weighted by Crippen LogP contribution is 2.28. The number of anilines is 3. The Kier molecular flexibility index (Phi) is 8.91. The van der Waals surface area contributed by atoms with E-state index < -0.39 is 0 Å². The number of nitrogens with zero attached hydrogens (tertiary/aromatic N) is 3. The SMILES string of the molecule is COc1ccc(NC(=O)N2CCN(c3ccc(NC(=O)c4ccccc4Cl)cc3C(=O)N3CCOCC3)CC2)cc1. The second-order valence-corrected chi connectivity index (χ2v) is 10.1. The molecule has 0 atom stereocenters. The number of morpholine rings is 1. The second-order valence-electron chi connectivity index (χ2n) is 9.70. The molecule has 2 aliphatic heterocycles. The van der Waals surface area contributed by atoms with E-state index in [2.05, 4.69) is 15.5 Å². The third-order valence-electron chi connectivity index (χ3n) is 7.15. The van der Waals surface area contributed by atoms with E-state index in [1.807, 2.05) is 6.07 Å². The zero-order chi connectivity index (χ0) is 28.8. The van der Waals surface area contributed by atoms with Crippen molar-refractivity contribution in [2.45, 2.75) is 0 Å². The highest BCUT2D eigenvalue weighted by Gasteiger charge is 2.27. The van der Waals surface area contributed by atoms with E-state index in [0.29, 0.717) is 85.8 Å². The molecule has 5 rings (SSSR count). The van der Waals surface area contributed by atoms with Crippen LogP contribution in [0.2, 0.25) is 5.02 Å². The standard InChI is InChI=1S/C30H32ClN5O5/c1-40-23-9-6-21(7-10-23)33-30(39)36-14-12-34(13-15-36)27-11-8-22(32-28(37)24-4-2-3-5-26(24)31)20-25(27)29(38)35-16-18-41-19-17-35/h2-11,20H,12-19H2,1H3,(H,32,37)(H,33,39). The lowest BCUT2D eigenvalue weighted by atomic mass is 10.1. The van der Waals surface area contributed by atoms with Crippen LogP contribution in [0.1, 0.15) is 20.7 Å². The zero-order valence-electron chi connectivity index (χ0n) is 22.8. The average Bonchev–Trinajstić information content (AvgIpc) is 3.01. The molecule has 0 aliphatic carbocycles. The van der Waals surface area contributed by atoms with Gasteiger partial charge in [-0.1, -0.05) is 23.7 Å². The molecule has 2 N–H and O–H groups in total. The predicted octanol–water partition coefficient (Wildman–Crippen LogP) is 4.43. The summed E-state index contributed by atoms with van der Waals surface area (Å²) in [7, 11) is 1.59. The van der Waals surface area contributed by atoms with Crippen molar-refractivity contribution in [2.75, 3.05) is 75.1 Å². The van der Waals surface area contributed by atoms with Gasteiger partial charge in [-0.2, -0.15) is 0 Å². The largest absolute Gasteiger partial charge is 0.497 e. The van der Waals surface area contributed by atoms with Gasteiger partial charge in [0.15, 0.2) is 0 Å². The maximum atomic E-state index is 13.7. The molecular weight excluding hydrogens is 546 g/mol. The molecule has 4 amide bonds. The molecule has 0 radical (unpaired) electrons. The Morgan fingerprint density at radius 2 is 1.46 bits per heavy atom. The first kappa shape index (κ1) is 28.3. The predicted molar refractivity (Wildman–Crippen MR) is 158 cm³/mol. The van der Waals surface area contributed by atoms with Crippen LogP contribution in [0.5, 0.6) is 5.75 Å². The van der Waals surface area contributed by atoms with Crippen LogP contribution < -0.4 is 20.3 Å². The van der Waals surface area contributed by atoms with Crippen molar-refractivity contribution in [3.63, 3.8) is 0 Å². The van der Waals surface area contributed by atoms with Gasteiger partial charge in [0.2, 0.25) is 0 Å². The topological polar surface area (TPSA) is 103 Å². The number of nitrogens with one attached hydrogen (secondary N) is 2. The van der Waals surface area contributed by atoms with Crippen molar-refractivity contribution in [2.24, 2.45) is 0 Å². The Balaban J connectivity index is 1.31. The monoisotopic (exact) mass is 577 g/mol. The van der Waals surface area contributed by atoms with E-state index in [1.54, 1.807) is 77.6 Å². The zero-order valence-corrected chi connectivity index (χ0v) is 23.5. The van der Waals surface area contributed by atoms with Gasteiger partial charge in [0.1, 0.15) is 5.75 Å². The summed E-state index contributed by atoms with van der Waals surface area (Å²) in [6, 6.07) is 19.1. The fourth-order valence-corrected chi connectivity index (χ4v) is 5.09. The summed E-state index contributed by atoms with van der Waals surface area (Å²) in [5, 5.41) is 6.14. The van der Waals surface area contributed by atoms with Crippen molar-refractivity contribution in [1.82, 2.24) is 9.80 Å². The maximum Gasteiger partial charge on any atom is 0.321 e. The van der Waals surface area contributed by atoms with E-state index in [-0.39, 0.29) is 17.8 Å². The molecule has 10 nitrogen and oxygen atoms in total. The van der Waals surface area contributed by atoms with Crippen molar-refractivity contribution < 1.29 is 23.9 Å². The Bertz CT molecular complexity index is 1400. The third-order valence-corrected chi connectivity index (χ3v) is 7.48. The molecule has 0 spiro atoms. The van der Waals surface area contributed by atoms with Gasteiger partial charge in [-0.25, -0.2) is 4.79 Å². The molecular formula is C30H32ClN5O5. The first-order chi connectivity index (χ1) is 19.9. The lowest BCUT2D eigenvalue weighted by molar-refractivity contribution is 0.0303. The quantitative estimate of drug-likeness (QED) is 0.449. The minimum absolute atomic E-state index is 0.128. The number of ether oxygens (including phenoxy) is 2. The normalized spacial score (nSPS) is 15.3. The van der Waals surface area contributed by atoms with Crippen molar-refractivity contribution in [3.05, 3.63) is 82.9 Å². The molecule has 0 aromatic heterocycles. The van der Waals surface area contributed by atoms with E-state index in [4.69, 9.17) is 21.1 Å². The number of hydrogen-bond donors (Lipinski definition) is 2. The van der Waals surface area contributed by atoms with Crippen LogP contribution in [0.4, 0.5) is 21.9 Å². The summed E-state index contributed by atoms with van der Waals surface area (Å²) >= 11 is 6.21. The molecule has 2 heterocycles. The summed E-state index contributed by atoms with van der Waals surface area (Å²) < 4.78 is 10.6. The van der Waals surface area contributed by atoms with E-state index >= 15 is 0 Å². The Labute approximate surface area is 243 Å². The fourth-order valence-electron chi connectivity index (χ4n) is 4.87. The molecule has 2 fully saturated rings. The van der Waals surface area contributed by atoms with Gasteiger partial charge in [0, 0.05) is 56.3 Å². The van der Waals surface area contributed by atoms with Gasteiger partial charge in [-0.05, 0) is 54.6 Å².